The van der Waals surface area contributed by atoms with Gasteiger partial charge in [0.25, 0.3) is 5.91 Å². The molecule has 5 heteroatoms. The molecule has 1 aromatic heterocycles. The highest BCUT2D eigenvalue weighted by molar-refractivity contribution is 6.05. The minimum atomic E-state index is -0.273. The Kier molecular flexibility index (Phi) is 4.08. The fourth-order valence-corrected chi connectivity index (χ4v) is 1.86. The van der Waals surface area contributed by atoms with Crippen molar-refractivity contribution in [2.75, 3.05) is 12.4 Å². The number of methoxy groups -OCH3 is 1. The molecule has 1 N–H and O–H groups in total. The first-order valence-electron chi connectivity index (χ1n) is 6.44. The molecule has 0 atom stereocenters. The normalized spacial score (nSPS) is 10.7. The van der Waals surface area contributed by atoms with E-state index in [4.69, 9.17) is 9.26 Å². The second kappa shape index (κ2) is 5.77. The number of anilines is 1. The van der Waals surface area contributed by atoms with Gasteiger partial charge in [-0.15, -0.1) is 0 Å². The molecule has 0 aliphatic carbocycles. The van der Waals surface area contributed by atoms with Gasteiger partial charge in [0.05, 0.1) is 12.7 Å². The summed E-state index contributed by atoms with van der Waals surface area (Å²) >= 11 is 0. The molecule has 0 bridgehead atoms. The van der Waals surface area contributed by atoms with E-state index in [1.165, 1.54) is 0 Å². The second-order valence-corrected chi connectivity index (χ2v) is 4.89. The van der Waals surface area contributed by atoms with Crippen LogP contribution in [0.1, 0.15) is 41.4 Å². The number of aromatic nitrogens is 1. The fraction of sp³-hybridized carbons (Fsp3) is 0.333. The Bertz CT molecular complexity index is 617. The lowest BCUT2D eigenvalue weighted by Crippen LogP contribution is -2.13. The number of aryl methyl sites for hydroxylation is 1. The molecule has 0 fully saturated rings. The standard InChI is InChI=1S/C15H18N2O3/c1-9(2)11-5-6-12(13(8-11)19-4)15(18)16-14-7-10(3)20-17-14/h5-9H,1-4H3,(H,16,17,18). The van der Waals surface area contributed by atoms with Gasteiger partial charge in [-0.3, -0.25) is 4.79 Å². The molecule has 2 rings (SSSR count). The second-order valence-electron chi connectivity index (χ2n) is 4.89. The maximum atomic E-state index is 12.2. The first-order chi connectivity index (χ1) is 9.51. The van der Waals surface area contributed by atoms with Crippen LogP contribution in [0.15, 0.2) is 28.8 Å². The first kappa shape index (κ1) is 14.1. The van der Waals surface area contributed by atoms with Crippen LogP contribution in [0.2, 0.25) is 0 Å². The van der Waals surface area contributed by atoms with Gasteiger partial charge in [-0.25, -0.2) is 0 Å². The molecule has 20 heavy (non-hydrogen) atoms. The van der Waals surface area contributed by atoms with E-state index < -0.39 is 0 Å². The molecular formula is C15H18N2O3. The van der Waals surface area contributed by atoms with Crippen LogP contribution in [0.25, 0.3) is 0 Å². The van der Waals surface area contributed by atoms with Crippen LogP contribution in [0.4, 0.5) is 5.82 Å². The summed E-state index contributed by atoms with van der Waals surface area (Å²) < 4.78 is 10.2. The Morgan fingerprint density at radius 3 is 2.65 bits per heavy atom. The molecule has 1 heterocycles. The van der Waals surface area contributed by atoms with Crippen molar-refractivity contribution < 1.29 is 14.1 Å². The van der Waals surface area contributed by atoms with Crippen LogP contribution in [0.5, 0.6) is 5.75 Å². The van der Waals surface area contributed by atoms with Gasteiger partial charge in [-0.1, -0.05) is 25.1 Å². The molecule has 0 aliphatic heterocycles. The molecule has 0 saturated heterocycles. The monoisotopic (exact) mass is 274 g/mol. The minimum absolute atomic E-state index is 0.273. The maximum Gasteiger partial charge on any atom is 0.260 e. The van der Waals surface area contributed by atoms with Gasteiger partial charge in [0.15, 0.2) is 5.82 Å². The third-order valence-electron chi connectivity index (χ3n) is 3.01. The zero-order chi connectivity index (χ0) is 14.7. The van der Waals surface area contributed by atoms with Crippen molar-refractivity contribution >= 4 is 11.7 Å². The van der Waals surface area contributed by atoms with Gasteiger partial charge in [0, 0.05) is 6.07 Å². The SMILES string of the molecule is COc1cc(C(C)C)ccc1C(=O)Nc1cc(C)on1. The predicted molar refractivity (Wildman–Crippen MR) is 76.3 cm³/mol. The van der Waals surface area contributed by atoms with Crippen molar-refractivity contribution in [1.82, 2.24) is 5.16 Å². The van der Waals surface area contributed by atoms with Gasteiger partial charge in [-0.2, -0.15) is 0 Å². The van der Waals surface area contributed by atoms with Crippen molar-refractivity contribution in [1.29, 1.82) is 0 Å². The quantitative estimate of drug-likeness (QED) is 0.928. The summed E-state index contributed by atoms with van der Waals surface area (Å²) in [7, 11) is 1.55. The zero-order valence-corrected chi connectivity index (χ0v) is 12.1. The Balaban J connectivity index is 2.25. The Morgan fingerprint density at radius 1 is 1.35 bits per heavy atom. The molecule has 0 spiro atoms. The molecule has 0 unspecified atom stereocenters. The van der Waals surface area contributed by atoms with E-state index in [0.29, 0.717) is 28.8 Å². The number of benzene rings is 1. The van der Waals surface area contributed by atoms with Gasteiger partial charge in [-0.05, 0) is 30.5 Å². The Labute approximate surface area is 117 Å². The highest BCUT2D eigenvalue weighted by Crippen LogP contribution is 2.25. The van der Waals surface area contributed by atoms with Crippen LogP contribution in [0, 0.1) is 6.92 Å². The van der Waals surface area contributed by atoms with Crippen molar-refractivity contribution in [3.63, 3.8) is 0 Å². The summed E-state index contributed by atoms with van der Waals surface area (Å²) in [6.45, 7) is 5.94. The third-order valence-corrected chi connectivity index (χ3v) is 3.01. The first-order valence-corrected chi connectivity index (χ1v) is 6.44. The summed E-state index contributed by atoms with van der Waals surface area (Å²) in [5, 5.41) is 6.41. The lowest BCUT2D eigenvalue weighted by molar-refractivity contribution is 0.102. The number of carbonyl (C=O) groups excluding carboxylic acids is 1. The van der Waals surface area contributed by atoms with Gasteiger partial charge >= 0.3 is 0 Å². The molecule has 2 aromatic rings. The van der Waals surface area contributed by atoms with E-state index in [0.717, 1.165) is 5.56 Å². The number of carbonyl (C=O) groups is 1. The Hall–Kier alpha value is -2.30. The smallest absolute Gasteiger partial charge is 0.260 e. The summed E-state index contributed by atoms with van der Waals surface area (Å²) in [5.74, 6) is 1.68. The zero-order valence-electron chi connectivity index (χ0n) is 12.1. The van der Waals surface area contributed by atoms with E-state index in [9.17, 15) is 4.79 Å². The lowest BCUT2D eigenvalue weighted by atomic mass is 10.0. The highest BCUT2D eigenvalue weighted by Gasteiger charge is 2.15. The molecule has 5 nitrogen and oxygen atoms in total. The van der Waals surface area contributed by atoms with Gasteiger partial charge < -0.3 is 14.6 Å². The predicted octanol–water partition coefficient (Wildman–Crippen LogP) is 3.37. The number of amides is 1. The summed E-state index contributed by atoms with van der Waals surface area (Å²) in [6.07, 6.45) is 0. The van der Waals surface area contributed by atoms with E-state index in [1.807, 2.05) is 12.1 Å². The van der Waals surface area contributed by atoms with Crippen LogP contribution in [-0.2, 0) is 0 Å². The molecule has 1 amide bonds. The van der Waals surface area contributed by atoms with E-state index in [-0.39, 0.29) is 5.91 Å². The number of hydrogen-bond donors (Lipinski definition) is 1. The number of nitrogens with zero attached hydrogens (tertiary/aromatic N) is 1. The molecule has 0 saturated carbocycles. The third kappa shape index (κ3) is 2.99. The van der Waals surface area contributed by atoms with Crippen molar-refractivity contribution in [3.8, 4) is 5.75 Å². The van der Waals surface area contributed by atoms with Crippen molar-refractivity contribution in [2.24, 2.45) is 0 Å². The van der Waals surface area contributed by atoms with Crippen LogP contribution in [0.3, 0.4) is 0 Å². The number of rotatable bonds is 4. The van der Waals surface area contributed by atoms with Crippen LogP contribution in [-0.4, -0.2) is 18.2 Å². The van der Waals surface area contributed by atoms with E-state index in [2.05, 4.69) is 24.3 Å². The maximum absolute atomic E-state index is 12.2. The summed E-state index contributed by atoms with van der Waals surface area (Å²) in [4.78, 5) is 12.2. The lowest BCUT2D eigenvalue weighted by Gasteiger charge is -2.12. The molecule has 0 radical (unpaired) electrons. The molecule has 1 aromatic carbocycles. The average Bonchev–Trinajstić information content (AvgIpc) is 2.83. The number of nitrogens with one attached hydrogen (secondary N) is 1. The van der Waals surface area contributed by atoms with Crippen LogP contribution < -0.4 is 10.1 Å². The highest BCUT2D eigenvalue weighted by atomic mass is 16.5. The molecule has 106 valence electrons. The summed E-state index contributed by atoms with van der Waals surface area (Å²) in [5.41, 5.74) is 1.59. The Morgan fingerprint density at radius 2 is 2.10 bits per heavy atom. The van der Waals surface area contributed by atoms with E-state index in [1.54, 1.807) is 26.2 Å². The number of ether oxygens (including phenoxy) is 1. The van der Waals surface area contributed by atoms with Crippen molar-refractivity contribution in [3.05, 3.63) is 41.2 Å². The molecular weight excluding hydrogens is 256 g/mol. The van der Waals surface area contributed by atoms with Crippen LogP contribution >= 0.6 is 0 Å². The minimum Gasteiger partial charge on any atom is -0.496 e. The van der Waals surface area contributed by atoms with E-state index >= 15 is 0 Å². The fourth-order valence-electron chi connectivity index (χ4n) is 1.86. The van der Waals surface area contributed by atoms with Gasteiger partial charge in [0.2, 0.25) is 0 Å². The van der Waals surface area contributed by atoms with Crippen molar-refractivity contribution in [2.45, 2.75) is 26.7 Å². The topological polar surface area (TPSA) is 64.4 Å². The largest absolute Gasteiger partial charge is 0.496 e. The number of hydrogen-bond acceptors (Lipinski definition) is 4. The summed E-state index contributed by atoms with van der Waals surface area (Å²) in [6, 6.07) is 7.23. The average molecular weight is 274 g/mol. The van der Waals surface area contributed by atoms with Gasteiger partial charge in [0.1, 0.15) is 11.5 Å². The molecule has 0 aliphatic rings.